The van der Waals surface area contributed by atoms with Crippen LogP contribution in [0.1, 0.15) is 53.4 Å². The van der Waals surface area contributed by atoms with E-state index in [1.807, 2.05) is 19.9 Å². The van der Waals surface area contributed by atoms with Crippen molar-refractivity contribution in [3.63, 3.8) is 0 Å². The molecule has 0 spiro atoms. The second-order valence-corrected chi connectivity index (χ2v) is 6.89. The van der Waals surface area contributed by atoms with E-state index in [1.54, 1.807) is 19.1 Å². The standard InChI is InChI=1S/C17H26O5/c1-12(18)22-14-10-13(15(19)20)6-5-7-17(4,21)9-8-16(2,3)11-14/h6,8-9,14,21H,5,7,10-11H2,1-4H3,(H,19,20). The van der Waals surface area contributed by atoms with Crippen LogP contribution in [0.15, 0.2) is 23.8 Å². The van der Waals surface area contributed by atoms with Gasteiger partial charge in [-0.2, -0.15) is 0 Å². The van der Waals surface area contributed by atoms with Crippen molar-refractivity contribution in [2.75, 3.05) is 0 Å². The van der Waals surface area contributed by atoms with Gasteiger partial charge >= 0.3 is 11.9 Å². The number of rotatable bonds is 2. The summed E-state index contributed by atoms with van der Waals surface area (Å²) in [6.45, 7) is 6.97. The lowest BCUT2D eigenvalue weighted by Gasteiger charge is -2.27. The van der Waals surface area contributed by atoms with Crippen molar-refractivity contribution < 1.29 is 24.5 Å². The Bertz CT molecular complexity index is 485. The van der Waals surface area contributed by atoms with Crippen molar-refractivity contribution >= 4 is 11.9 Å². The molecule has 124 valence electrons. The molecule has 0 bridgehead atoms. The van der Waals surface area contributed by atoms with Crippen LogP contribution in [0.2, 0.25) is 0 Å². The van der Waals surface area contributed by atoms with Gasteiger partial charge in [-0.1, -0.05) is 32.1 Å². The number of hydrogen-bond acceptors (Lipinski definition) is 4. The van der Waals surface area contributed by atoms with E-state index in [0.29, 0.717) is 19.3 Å². The number of ether oxygens (including phenoxy) is 1. The summed E-state index contributed by atoms with van der Waals surface area (Å²) < 4.78 is 5.29. The average Bonchev–Trinajstić information content (AvgIpc) is 2.34. The largest absolute Gasteiger partial charge is 0.478 e. The van der Waals surface area contributed by atoms with E-state index in [0.717, 1.165) is 0 Å². The van der Waals surface area contributed by atoms with Gasteiger partial charge in [-0.3, -0.25) is 4.79 Å². The average molecular weight is 310 g/mol. The molecule has 0 saturated heterocycles. The van der Waals surface area contributed by atoms with Gasteiger partial charge in [0.1, 0.15) is 6.10 Å². The molecule has 5 nitrogen and oxygen atoms in total. The topological polar surface area (TPSA) is 83.8 Å². The van der Waals surface area contributed by atoms with Gasteiger partial charge in [-0.25, -0.2) is 4.79 Å². The number of carboxylic acid groups (broad SMARTS) is 1. The number of aliphatic hydroxyl groups is 1. The van der Waals surface area contributed by atoms with E-state index in [-0.39, 0.29) is 17.4 Å². The van der Waals surface area contributed by atoms with Crippen molar-refractivity contribution in [2.24, 2.45) is 5.41 Å². The summed E-state index contributed by atoms with van der Waals surface area (Å²) in [6, 6.07) is 0. The minimum Gasteiger partial charge on any atom is -0.478 e. The quantitative estimate of drug-likeness (QED) is 0.605. The molecule has 0 aromatic heterocycles. The van der Waals surface area contributed by atoms with Gasteiger partial charge in [-0.15, -0.1) is 0 Å². The van der Waals surface area contributed by atoms with Crippen molar-refractivity contribution in [1.29, 1.82) is 0 Å². The molecule has 0 aliphatic heterocycles. The van der Waals surface area contributed by atoms with Gasteiger partial charge < -0.3 is 14.9 Å². The van der Waals surface area contributed by atoms with Crippen LogP contribution in [-0.4, -0.2) is 33.9 Å². The maximum atomic E-state index is 11.4. The molecular weight excluding hydrogens is 284 g/mol. The third-order valence-electron chi connectivity index (χ3n) is 3.74. The number of carbonyl (C=O) groups is 2. The van der Waals surface area contributed by atoms with Crippen LogP contribution in [0.25, 0.3) is 0 Å². The molecule has 22 heavy (non-hydrogen) atoms. The Kier molecular flexibility index (Phi) is 5.94. The monoisotopic (exact) mass is 310 g/mol. The van der Waals surface area contributed by atoms with E-state index in [2.05, 4.69) is 0 Å². The molecular formula is C17H26O5. The SMILES string of the molecule is CC(=O)OC1CC(C(=O)O)=CCCC(C)(O)C=CC(C)(C)C1. The second-order valence-electron chi connectivity index (χ2n) is 6.89. The number of carbonyl (C=O) groups excluding carboxylic acids is 1. The molecule has 0 saturated carbocycles. The first kappa shape index (κ1) is 18.4. The first-order valence-electron chi connectivity index (χ1n) is 7.53. The maximum absolute atomic E-state index is 11.4. The summed E-state index contributed by atoms with van der Waals surface area (Å²) in [5, 5.41) is 19.6. The molecule has 0 radical (unpaired) electrons. The first-order chi connectivity index (χ1) is 10.0. The highest BCUT2D eigenvalue weighted by Crippen LogP contribution is 2.31. The van der Waals surface area contributed by atoms with Gasteiger partial charge in [-0.05, 0) is 31.6 Å². The summed E-state index contributed by atoms with van der Waals surface area (Å²) in [5.41, 5.74) is -1.09. The third-order valence-corrected chi connectivity index (χ3v) is 3.74. The predicted octanol–water partition coefficient (Wildman–Crippen LogP) is 2.84. The molecule has 1 rings (SSSR count). The van der Waals surface area contributed by atoms with Crippen LogP contribution in [-0.2, 0) is 14.3 Å². The number of aliphatic carboxylic acids is 1. The van der Waals surface area contributed by atoms with Crippen LogP contribution < -0.4 is 0 Å². The molecule has 5 heteroatoms. The normalized spacial score (nSPS) is 29.1. The number of esters is 1. The Morgan fingerprint density at radius 2 is 1.91 bits per heavy atom. The lowest BCUT2D eigenvalue weighted by molar-refractivity contribution is -0.148. The van der Waals surface area contributed by atoms with Crippen molar-refractivity contribution in [3.8, 4) is 0 Å². The second kappa shape index (κ2) is 7.09. The lowest BCUT2D eigenvalue weighted by Crippen LogP contribution is -2.26. The molecule has 0 heterocycles. The van der Waals surface area contributed by atoms with E-state index >= 15 is 0 Å². The van der Waals surface area contributed by atoms with Crippen LogP contribution >= 0.6 is 0 Å². The summed E-state index contributed by atoms with van der Waals surface area (Å²) in [5.74, 6) is -1.43. The van der Waals surface area contributed by atoms with E-state index in [9.17, 15) is 19.8 Å². The Morgan fingerprint density at radius 3 is 2.45 bits per heavy atom. The first-order valence-corrected chi connectivity index (χ1v) is 7.53. The fraction of sp³-hybridized carbons (Fsp3) is 0.647. The highest BCUT2D eigenvalue weighted by atomic mass is 16.5. The summed E-state index contributed by atoms with van der Waals surface area (Å²) in [7, 11) is 0. The Morgan fingerprint density at radius 1 is 1.27 bits per heavy atom. The van der Waals surface area contributed by atoms with Crippen molar-refractivity contribution in [2.45, 2.75) is 65.1 Å². The van der Waals surface area contributed by atoms with Crippen LogP contribution in [0.4, 0.5) is 0 Å². The fourth-order valence-electron chi connectivity index (χ4n) is 2.58. The molecule has 2 N–H and O–H groups in total. The zero-order chi connectivity index (χ0) is 17.0. The van der Waals surface area contributed by atoms with Crippen LogP contribution in [0.5, 0.6) is 0 Å². The maximum Gasteiger partial charge on any atom is 0.331 e. The minimum absolute atomic E-state index is 0.175. The Balaban J connectivity index is 3.12. The summed E-state index contributed by atoms with van der Waals surface area (Å²) in [4.78, 5) is 22.6. The third kappa shape index (κ3) is 6.43. The fourth-order valence-corrected chi connectivity index (χ4v) is 2.58. The lowest BCUT2D eigenvalue weighted by atomic mass is 9.83. The van der Waals surface area contributed by atoms with Gasteiger partial charge in [0, 0.05) is 18.9 Å². The highest BCUT2D eigenvalue weighted by molar-refractivity contribution is 5.86. The number of allylic oxidation sites excluding steroid dienone is 2. The summed E-state index contributed by atoms with van der Waals surface area (Å²) >= 11 is 0. The number of carboxylic acids is 1. The van der Waals surface area contributed by atoms with E-state index in [4.69, 9.17) is 4.74 Å². The zero-order valence-corrected chi connectivity index (χ0v) is 13.8. The Labute approximate surface area is 131 Å². The molecule has 1 aliphatic carbocycles. The van der Waals surface area contributed by atoms with Crippen molar-refractivity contribution in [1.82, 2.24) is 0 Å². The number of hydrogen-bond donors (Lipinski definition) is 2. The predicted molar refractivity (Wildman–Crippen MR) is 83.3 cm³/mol. The van der Waals surface area contributed by atoms with Crippen LogP contribution in [0, 0.1) is 5.41 Å². The van der Waals surface area contributed by atoms with Gasteiger partial charge in [0.25, 0.3) is 0 Å². The smallest absolute Gasteiger partial charge is 0.331 e. The molecule has 0 fully saturated rings. The van der Waals surface area contributed by atoms with Crippen LogP contribution in [0.3, 0.4) is 0 Å². The summed E-state index contributed by atoms with van der Waals surface area (Å²) in [6.07, 6.45) is 6.33. The van der Waals surface area contributed by atoms with E-state index in [1.165, 1.54) is 6.92 Å². The highest BCUT2D eigenvalue weighted by Gasteiger charge is 2.28. The van der Waals surface area contributed by atoms with Gasteiger partial charge in [0.05, 0.1) is 5.60 Å². The van der Waals surface area contributed by atoms with Gasteiger partial charge in [0.2, 0.25) is 0 Å². The zero-order valence-electron chi connectivity index (χ0n) is 13.8. The molecule has 0 aromatic carbocycles. The minimum atomic E-state index is -1.01. The molecule has 1 aliphatic rings. The van der Waals surface area contributed by atoms with Crippen molar-refractivity contribution in [3.05, 3.63) is 23.8 Å². The molecule has 0 aromatic rings. The molecule has 2 unspecified atom stereocenters. The molecule has 0 amide bonds. The van der Waals surface area contributed by atoms with Gasteiger partial charge in [0.15, 0.2) is 0 Å². The molecule has 2 atom stereocenters. The Hall–Kier alpha value is -1.62. The van der Waals surface area contributed by atoms with E-state index < -0.39 is 23.6 Å².